The van der Waals surface area contributed by atoms with Gasteiger partial charge in [0, 0.05) is 30.5 Å². The van der Waals surface area contributed by atoms with Crippen molar-refractivity contribution in [3.63, 3.8) is 0 Å². The summed E-state index contributed by atoms with van der Waals surface area (Å²) in [4.78, 5) is 26.8. The van der Waals surface area contributed by atoms with Crippen molar-refractivity contribution in [2.45, 2.75) is 13.0 Å². The average molecular weight is 292 g/mol. The molecule has 1 aromatic carbocycles. The third-order valence-corrected chi connectivity index (χ3v) is 3.14. The molecule has 2 rings (SSSR count). The molecule has 1 amide bonds. The third-order valence-electron chi connectivity index (χ3n) is 2.77. The summed E-state index contributed by atoms with van der Waals surface area (Å²) < 4.78 is 1.44. The zero-order valence-electron chi connectivity index (χ0n) is 10.8. The van der Waals surface area contributed by atoms with Crippen LogP contribution in [0.3, 0.4) is 0 Å². The number of aromatic nitrogens is 2. The number of carbonyl (C=O) groups is 1. The maximum absolute atomic E-state index is 11.8. The Labute approximate surface area is 121 Å². The number of carbonyl (C=O) groups excluding carboxylic acids is 1. The smallest absolute Gasteiger partial charge is 0.347 e. The fourth-order valence-corrected chi connectivity index (χ4v) is 1.95. The van der Waals surface area contributed by atoms with Crippen molar-refractivity contribution in [1.29, 1.82) is 0 Å². The molecule has 20 heavy (non-hydrogen) atoms. The molecule has 0 saturated carbocycles. The lowest BCUT2D eigenvalue weighted by Gasteiger charge is -2.07. The summed E-state index contributed by atoms with van der Waals surface area (Å²) in [5.74, 6) is -0.130. The number of nitrogens with one attached hydrogen (secondary N) is 1. The molecule has 0 aliphatic heterocycles. The molecule has 6 heteroatoms. The van der Waals surface area contributed by atoms with Crippen molar-refractivity contribution < 1.29 is 4.79 Å². The minimum atomic E-state index is -0.326. The van der Waals surface area contributed by atoms with Gasteiger partial charge in [-0.05, 0) is 17.7 Å². The van der Waals surface area contributed by atoms with Crippen LogP contribution in [0.15, 0.2) is 47.5 Å². The monoisotopic (exact) mass is 291 g/mol. The lowest BCUT2D eigenvalue weighted by molar-refractivity contribution is -0.120. The van der Waals surface area contributed by atoms with Crippen LogP contribution in [0.25, 0.3) is 0 Å². The zero-order chi connectivity index (χ0) is 14.4. The predicted molar refractivity (Wildman–Crippen MR) is 76.7 cm³/mol. The van der Waals surface area contributed by atoms with Gasteiger partial charge in [-0.3, -0.25) is 9.36 Å². The first-order chi connectivity index (χ1) is 9.66. The number of halogens is 1. The lowest BCUT2D eigenvalue weighted by Crippen LogP contribution is -2.32. The van der Waals surface area contributed by atoms with E-state index in [1.54, 1.807) is 18.3 Å². The second kappa shape index (κ2) is 6.86. The molecule has 0 aliphatic carbocycles. The first-order valence-electron chi connectivity index (χ1n) is 6.18. The number of hydrogen-bond acceptors (Lipinski definition) is 3. The largest absolute Gasteiger partial charge is 0.354 e. The standard InChI is InChI=1S/C14H14ClN3O2/c15-12-5-2-1-4-11(12)10-13(19)16-7-9-18-8-3-6-17-14(18)20/h1-6,8H,7,9-10H2,(H,16,19). The Bertz CT molecular complexity index is 655. The Hall–Kier alpha value is -2.14. The summed E-state index contributed by atoms with van der Waals surface area (Å²) >= 11 is 5.99. The van der Waals surface area contributed by atoms with Gasteiger partial charge in [-0.15, -0.1) is 0 Å². The predicted octanol–water partition coefficient (Wildman–Crippen LogP) is 1.26. The summed E-state index contributed by atoms with van der Waals surface area (Å²) in [6, 6.07) is 8.89. The van der Waals surface area contributed by atoms with Crippen LogP contribution in [-0.4, -0.2) is 22.0 Å². The third kappa shape index (κ3) is 3.93. The van der Waals surface area contributed by atoms with Crippen molar-refractivity contribution in [2.75, 3.05) is 6.54 Å². The number of nitrogens with zero attached hydrogens (tertiary/aromatic N) is 2. The van der Waals surface area contributed by atoms with Gasteiger partial charge in [0.1, 0.15) is 0 Å². The van der Waals surface area contributed by atoms with E-state index in [9.17, 15) is 9.59 Å². The molecule has 0 bridgehead atoms. The van der Waals surface area contributed by atoms with Gasteiger partial charge in [0.05, 0.1) is 6.42 Å². The maximum Gasteiger partial charge on any atom is 0.347 e. The topological polar surface area (TPSA) is 64.0 Å². The Morgan fingerprint density at radius 3 is 2.85 bits per heavy atom. The molecule has 0 spiro atoms. The number of hydrogen-bond donors (Lipinski definition) is 1. The van der Waals surface area contributed by atoms with Crippen LogP contribution in [0.5, 0.6) is 0 Å². The summed E-state index contributed by atoms with van der Waals surface area (Å²) in [6.07, 6.45) is 3.30. The molecule has 1 aromatic heterocycles. The van der Waals surface area contributed by atoms with E-state index >= 15 is 0 Å². The minimum Gasteiger partial charge on any atom is -0.354 e. The fourth-order valence-electron chi connectivity index (χ4n) is 1.75. The van der Waals surface area contributed by atoms with E-state index in [0.717, 1.165) is 5.56 Å². The van der Waals surface area contributed by atoms with Crippen molar-refractivity contribution in [1.82, 2.24) is 14.9 Å². The van der Waals surface area contributed by atoms with Gasteiger partial charge in [-0.25, -0.2) is 9.78 Å². The van der Waals surface area contributed by atoms with Crippen LogP contribution in [0.4, 0.5) is 0 Å². The van der Waals surface area contributed by atoms with E-state index in [4.69, 9.17) is 11.6 Å². The first kappa shape index (κ1) is 14.3. The van der Waals surface area contributed by atoms with Crippen molar-refractivity contribution in [2.24, 2.45) is 0 Å². The summed E-state index contributed by atoms with van der Waals surface area (Å²) in [5, 5.41) is 3.32. The van der Waals surface area contributed by atoms with Crippen molar-refractivity contribution in [3.05, 3.63) is 63.8 Å². The van der Waals surface area contributed by atoms with Crippen LogP contribution in [0, 0.1) is 0 Å². The molecular weight excluding hydrogens is 278 g/mol. The minimum absolute atomic E-state index is 0.130. The summed E-state index contributed by atoms with van der Waals surface area (Å²) in [7, 11) is 0. The van der Waals surface area contributed by atoms with Crippen LogP contribution >= 0.6 is 11.6 Å². The van der Waals surface area contributed by atoms with Crippen molar-refractivity contribution in [3.8, 4) is 0 Å². The molecule has 1 N–H and O–H groups in total. The number of rotatable bonds is 5. The van der Waals surface area contributed by atoms with Gasteiger partial charge in [-0.1, -0.05) is 29.8 Å². The number of benzene rings is 1. The highest BCUT2D eigenvalue weighted by molar-refractivity contribution is 6.31. The van der Waals surface area contributed by atoms with Gasteiger partial charge < -0.3 is 5.32 Å². The van der Waals surface area contributed by atoms with Crippen LogP contribution in [0.1, 0.15) is 5.56 Å². The zero-order valence-corrected chi connectivity index (χ0v) is 11.5. The molecule has 0 atom stereocenters. The van der Waals surface area contributed by atoms with Crippen LogP contribution < -0.4 is 11.0 Å². The fraction of sp³-hybridized carbons (Fsp3) is 0.214. The molecule has 0 unspecified atom stereocenters. The SMILES string of the molecule is O=C(Cc1ccccc1Cl)NCCn1cccnc1=O. The van der Waals surface area contributed by atoms with Crippen LogP contribution in [0.2, 0.25) is 5.02 Å². The van der Waals surface area contributed by atoms with Gasteiger partial charge in [0.15, 0.2) is 0 Å². The highest BCUT2D eigenvalue weighted by Gasteiger charge is 2.06. The first-order valence-corrected chi connectivity index (χ1v) is 6.56. The molecule has 0 fully saturated rings. The Kier molecular flexibility index (Phi) is 4.90. The molecule has 1 heterocycles. The second-order valence-electron chi connectivity index (χ2n) is 4.21. The van der Waals surface area contributed by atoms with Crippen molar-refractivity contribution >= 4 is 17.5 Å². The number of amides is 1. The Morgan fingerprint density at radius 1 is 1.30 bits per heavy atom. The molecule has 5 nitrogen and oxygen atoms in total. The molecule has 104 valence electrons. The maximum atomic E-state index is 11.8. The highest BCUT2D eigenvalue weighted by atomic mass is 35.5. The van der Waals surface area contributed by atoms with E-state index in [1.165, 1.54) is 10.8 Å². The molecular formula is C14H14ClN3O2. The summed E-state index contributed by atoms with van der Waals surface area (Å²) in [5.41, 5.74) is 0.457. The second-order valence-corrected chi connectivity index (χ2v) is 4.62. The molecule has 2 aromatic rings. The van der Waals surface area contributed by atoms with E-state index in [1.807, 2.05) is 18.2 Å². The van der Waals surface area contributed by atoms with E-state index < -0.39 is 0 Å². The molecule has 0 radical (unpaired) electrons. The Balaban J connectivity index is 1.83. The van der Waals surface area contributed by atoms with Gasteiger partial charge in [0.25, 0.3) is 0 Å². The molecule has 0 aliphatic rings. The molecule has 0 saturated heterocycles. The Morgan fingerprint density at radius 2 is 2.10 bits per heavy atom. The van der Waals surface area contributed by atoms with E-state index in [0.29, 0.717) is 18.1 Å². The van der Waals surface area contributed by atoms with Gasteiger partial charge >= 0.3 is 5.69 Å². The van der Waals surface area contributed by atoms with Crippen LogP contribution in [-0.2, 0) is 17.8 Å². The highest BCUT2D eigenvalue weighted by Crippen LogP contribution is 2.14. The quantitative estimate of drug-likeness (QED) is 0.902. The normalized spacial score (nSPS) is 10.2. The van der Waals surface area contributed by atoms with E-state index in [-0.39, 0.29) is 18.0 Å². The van der Waals surface area contributed by atoms with Gasteiger partial charge in [0.2, 0.25) is 5.91 Å². The average Bonchev–Trinajstić information content (AvgIpc) is 2.43. The van der Waals surface area contributed by atoms with E-state index in [2.05, 4.69) is 10.3 Å². The lowest BCUT2D eigenvalue weighted by atomic mass is 10.1. The van der Waals surface area contributed by atoms with Gasteiger partial charge in [-0.2, -0.15) is 0 Å². The summed E-state index contributed by atoms with van der Waals surface area (Å²) in [6.45, 7) is 0.760.